The van der Waals surface area contributed by atoms with Crippen molar-refractivity contribution in [3.05, 3.63) is 63.7 Å². The minimum absolute atomic E-state index is 0.159. The van der Waals surface area contributed by atoms with Gasteiger partial charge in [-0.2, -0.15) is 0 Å². The molecule has 1 aromatic carbocycles. The van der Waals surface area contributed by atoms with Crippen LogP contribution < -0.4 is 10.1 Å². The number of carbonyl (C=O) groups is 1. The fourth-order valence-electron chi connectivity index (χ4n) is 3.19. The minimum atomic E-state index is -0.182. The van der Waals surface area contributed by atoms with E-state index < -0.39 is 0 Å². The van der Waals surface area contributed by atoms with Crippen LogP contribution in [0.4, 0.5) is 0 Å². The molecule has 3 aromatic rings. The van der Waals surface area contributed by atoms with Gasteiger partial charge in [0, 0.05) is 22.2 Å². The Kier molecular flexibility index (Phi) is 6.35. The summed E-state index contributed by atoms with van der Waals surface area (Å²) in [5.74, 6) is 1.18. The first-order chi connectivity index (χ1) is 14.5. The van der Waals surface area contributed by atoms with Gasteiger partial charge in [0.2, 0.25) is 5.88 Å². The summed E-state index contributed by atoms with van der Waals surface area (Å²) in [6.07, 6.45) is 3.98. The summed E-state index contributed by atoms with van der Waals surface area (Å²) >= 11 is 7.57. The quantitative estimate of drug-likeness (QED) is 0.481. The third-order valence-corrected chi connectivity index (χ3v) is 6.00. The van der Waals surface area contributed by atoms with Gasteiger partial charge in [0.25, 0.3) is 5.91 Å². The number of hydrogen-bond donors (Lipinski definition) is 1. The molecule has 1 aliphatic carbocycles. The summed E-state index contributed by atoms with van der Waals surface area (Å²) in [5, 5.41) is 5.73. The highest BCUT2D eigenvalue weighted by Gasteiger charge is 2.24. The average Bonchev–Trinajstić information content (AvgIpc) is 3.42. The summed E-state index contributed by atoms with van der Waals surface area (Å²) in [7, 11) is 0. The maximum absolute atomic E-state index is 13.0. The third-order valence-electron chi connectivity index (χ3n) is 5.14. The van der Waals surface area contributed by atoms with Gasteiger partial charge in [-0.3, -0.25) is 4.79 Å². The van der Waals surface area contributed by atoms with Crippen molar-refractivity contribution >= 4 is 28.8 Å². The molecule has 1 saturated carbocycles. The maximum Gasteiger partial charge on any atom is 0.253 e. The van der Waals surface area contributed by atoms with E-state index in [0.29, 0.717) is 29.0 Å². The minimum Gasteiger partial charge on any atom is -0.477 e. The standard InChI is InChI=1S/C23H24ClN3O2S/c1-14(2)21(20-12-30-13-26-20)27-22(28)17-9-19(16-5-7-18(24)8-6-16)23(25-10-17)29-11-15-3-4-15/h5-10,12-15,21H,3-4,11H2,1-2H3,(H,27,28). The number of thiazole rings is 1. The second-order valence-electron chi connectivity index (χ2n) is 7.95. The topological polar surface area (TPSA) is 64.1 Å². The van der Waals surface area contributed by atoms with E-state index in [1.807, 2.05) is 35.7 Å². The lowest BCUT2D eigenvalue weighted by atomic mass is 10.0. The van der Waals surface area contributed by atoms with Crippen molar-refractivity contribution in [2.45, 2.75) is 32.7 Å². The first kappa shape index (κ1) is 20.8. The Morgan fingerprint density at radius 3 is 2.67 bits per heavy atom. The lowest BCUT2D eigenvalue weighted by Gasteiger charge is -2.21. The molecule has 30 heavy (non-hydrogen) atoms. The number of pyridine rings is 1. The molecule has 0 aliphatic heterocycles. The largest absolute Gasteiger partial charge is 0.477 e. The molecule has 1 fully saturated rings. The summed E-state index contributed by atoms with van der Waals surface area (Å²) < 4.78 is 5.97. The molecule has 1 amide bonds. The predicted molar refractivity (Wildman–Crippen MR) is 120 cm³/mol. The van der Waals surface area contributed by atoms with Crippen LogP contribution in [0.5, 0.6) is 5.88 Å². The van der Waals surface area contributed by atoms with Crippen LogP contribution in [0.25, 0.3) is 11.1 Å². The SMILES string of the molecule is CC(C)C(NC(=O)c1cnc(OCC2CC2)c(-c2ccc(Cl)cc2)c1)c1cscn1. The highest BCUT2D eigenvalue weighted by atomic mass is 35.5. The van der Waals surface area contributed by atoms with Crippen LogP contribution in [0.3, 0.4) is 0 Å². The van der Waals surface area contributed by atoms with Gasteiger partial charge in [-0.15, -0.1) is 11.3 Å². The van der Waals surface area contributed by atoms with Gasteiger partial charge in [-0.1, -0.05) is 37.6 Å². The summed E-state index contributed by atoms with van der Waals surface area (Å²) in [6.45, 7) is 4.78. The number of ether oxygens (including phenoxy) is 1. The molecule has 0 saturated heterocycles. The van der Waals surface area contributed by atoms with E-state index in [0.717, 1.165) is 16.8 Å². The number of halogens is 1. The van der Waals surface area contributed by atoms with Gasteiger partial charge in [0.05, 0.1) is 29.4 Å². The van der Waals surface area contributed by atoms with Crippen LogP contribution >= 0.6 is 22.9 Å². The van der Waals surface area contributed by atoms with Crippen LogP contribution in [0, 0.1) is 11.8 Å². The van der Waals surface area contributed by atoms with Gasteiger partial charge in [0.15, 0.2) is 0 Å². The number of benzene rings is 1. The molecule has 7 heteroatoms. The van der Waals surface area contributed by atoms with Crippen molar-refractivity contribution in [2.75, 3.05) is 6.61 Å². The van der Waals surface area contributed by atoms with E-state index in [1.54, 1.807) is 11.7 Å². The first-order valence-electron chi connectivity index (χ1n) is 10.1. The summed E-state index contributed by atoms with van der Waals surface area (Å²) in [4.78, 5) is 21.9. The van der Waals surface area contributed by atoms with Crippen molar-refractivity contribution < 1.29 is 9.53 Å². The number of rotatable bonds is 8. The zero-order valence-electron chi connectivity index (χ0n) is 17.0. The fraction of sp³-hybridized carbons (Fsp3) is 0.348. The number of nitrogens with one attached hydrogen (secondary N) is 1. The highest BCUT2D eigenvalue weighted by molar-refractivity contribution is 7.07. The molecule has 156 valence electrons. The lowest BCUT2D eigenvalue weighted by Crippen LogP contribution is -2.32. The van der Waals surface area contributed by atoms with Crippen LogP contribution in [0.1, 0.15) is 48.8 Å². The Bertz CT molecular complexity index is 1000. The Morgan fingerprint density at radius 1 is 1.27 bits per heavy atom. The fourth-order valence-corrected chi connectivity index (χ4v) is 3.91. The number of amides is 1. The molecule has 1 aliphatic rings. The van der Waals surface area contributed by atoms with E-state index >= 15 is 0 Å². The van der Waals surface area contributed by atoms with Crippen LogP contribution in [0.2, 0.25) is 5.02 Å². The molecule has 0 spiro atoms. The van der Waals surface area contributed by atoms with Gasteiger partial charge in [0.1, 0.15) is 0 Å². The molecular formula is C23H24ClN3O2S. The Balaban J connectivity index is 1.61. The summed E-state index contributed by atoms with van der Waals surface area (Å²) in [6, 6.07) is 9.16. The molecular weight excluding hydrogens is 418 g/mol. The number of hydrogen-bond acceptors (Lipinski definition) is 5. The molecule has 1 unspecified atom stereocenters. The van der Waals surface area contributed by atoms with E-state index in [4.69, 9.17) is 16.3 Å². The molecule has 5 nitrogen and oxygen atoms in total. The van der Waals surface area contributed by atoms with Crippen molar-refractivity contribution in [2.24, 2.45) is 11.8 Å². The zero-order chi connectivity index (χ0) is 21.1. The van der Waals surface area contributed by atoms with E-state index in [-0.39, 0.29) is 17.9 Å². The molecule has 1 N–H and O–H groups in total. The lowest BCUT2D eigenvalue weighted by molar-refractivity contribution is 0.0924. The second-order valence-corrected chi connectivity index (χ2v) is 9.10. The van der Waals surface area contributed by atoms with Crippen molar-refractivity contribution in [3.63, 3.8) is 0 Å². The molecule has 2 heterocycles. The molecule has 1 atom stereocenters. The average molecular weight is 442 g/mol. The van der Waals surface area contributed by atoms with E-state index in [9.17, 15) is 4.79 Å². The van der Waals surface area contributed by atoms with Gasteiger partial charge in [-0.05, 0) is 48.4 Å². The monoisotopic (exact) mass is 441 g/mol. The summed E-state index contributed by atoms with van der Waals surface area (Å²) in [5.41, 5.74) is 4.84. The van der Waals surface area contributed by atoms with Crippen molar-refractivity contribution in [3.8, 4) is 17.0 Å². The molecule has 4 rings (SSSR count). The Morgan fingerprint density at radius 2 is 2.03 bits per heavy atom. The Hall–Kier alpha value is -2.44. The van der Waals surface area contributed by atoms with Crippen LogP contribution in [0.15, 0.2) is 47.4 Å². The van der Waals surface area contributed by atoms with Gasteiger partial charge in [-0.25, -0.2) is 9.97 Å². The van der Waals surface area contributed by atoms with Gasteiger partial charge >= 0.3 is 0 Å². The van der Waals surface area contributed by atoms with Crippen molar-refractivity contribution in [1.82, 2.24) is 15.3 Å². The maximum atomic E-state index is 13.0. The predicted octanol–water partition coefficient (Wildman–Crippen LogP) is 5.77. The smallest absolute Gasteiger partial charge is 0.253 e. The van der Waals surface area contributed by atoms with E-state index in [1.165, 1.54) is 24.2 Å². The second kappa shape index (κ2) is 9.14. The molecule has 2 aromatic heterocycles. The molecule has 0 bridgehead atoms. The van der Waals surface area contributed by atoms with Crippen LogP contribution in [-0.4, -0.2) is 22.5 Å². The zero-order valence-corrected chi connectivity index (χ0v) is 18.5. The van der Waals surface area contributed by atoms with Crippen LogP contribution in [-0.2, 0) is 0 Å². The Labute approximate surface area is 185 Å². The number of aromatic nitrogens is 2. The number of nitrogens with zero attached hydrogens (tertiary/aromatic N) is 2. The first-order valence-corrected chi connectivity index (χ1v) is 11.4. The van der Waals surface area contributed by atoms with Gasteiger partial charge < -0.3 is 10.1 Å². The normalized spacial score (nSPS) is 14.5. The number of carbonyl (C=O) groups excluding carboxylic acids is 1. The highest BCUT2D eigenvalue weighted by Crippen LogP contribution is 2.34. The third kappa shape index (κ3) is 4.99. The van der Waals surface area contributed by atoms with Crippen molar-refractivity contribution in [1.29, 1.82) is 0 Å². The molecule has 0 radical (unpaired) electrons. The van der Waals surface area contributed by atoms with E-state index in [2.05, 4.69) is 29.1 Å².